The van der Waals surface area contributed by atoms with Crippen LogP contribution >= 0.6 is 0 Å². The maximum absolute atomic E-state index is 13.1. The lowest BCUT2D eigenvalue weighted by Gasteiger charge is -2.28. The van der Waals surface area contributed by atoms with Crippen LogP contribution in [0.15, 0.2) is 67.3 Å². The van der Waals surface area contributed by atoms with Gasteiger partial charge in [0.25, 0.3) is 5.91 Å². The van der Waals surface area contributed by atoms with E-state index in [1.165, 1.54) is 5.69 Å². The van der Waals surface area contributed by atoms with E-state index in [2.05, 4.69) is 44.5 Å². The summed E-state index contributed by atoms with van der Waals surface area (Å²) in [6.45, 7) is 3.75. The summed E-state index contributed by atoms with van der Waals surface area (Å²) in [5.41, 5.74) is 6.39. The number of amides is 1. The number of imidazole rings is 1. The topological polar surface area (TPSA) is 72.3 Å². The quantitative estimate of drug-likeness (QED) is 0.529. The molecule has 0 atom stereocenters. The van der Waals surface area contributed by atoms with Crippen molar-refractivity contribution in [3.63, 3.8) is 0 Å². The Morgan fingerprint density at radius 1 is 1.09 bits per heavy atom. The molecule has 0 spiro atoms. The van der Waals surface area contributed by atoms with Gasteiger partial charge in [-0.2, -0.15) is 0 Å². The molecule has 0 bridgehead atoms. The van der Waals surface area contributed by atoms with Gasteiger partial charge in [0.2, 0.25) is 0 Å². The Morgan fingerprint density at radius 3 is 2.66 bits per heavy atom. The number of anilines is 1. The highest BCUT2D eigenvalue weighted by atomic mass is 16.5. The van der Waals surface area contributed by atoms with Gasteiger partial charge in [-0.05, 0) is 47.0 Å². The molecule has 7 heteroatoms. The number of nitrogens with zero attached hydrogens (tertiary/aromatic N) is 4. The predicted octanol–water partition coefficient (Wildman–Crippen LogP) is 3.40. The Morgan fingerprint density at radius 2 is 1.91 bits per heavy atom. The van der Waals surface area contributed by atoms with E-state index in [0.29, 0.717) is 12.1 Å². The number of morpholine rings is 1. The Kier molecular flexibility index (Phi) is 5.56. The second-order valence-corrected chi connectivity index (χ2v) is 7.94. The Bertz CT molecular complexity index is 1230. The number of carbonyl (C=O) groups excluding carboxylic acids is 1. The first kappa shape index (κ1) is 20.2. The van der Waals surface area contributed by atoms with Gasteiger partial charge in [0, 0.05) is 44.8 Å². The van der Waals surface area contributed by atoms with Crippen LogP contribution in [0.2, 0.25) is 0 Å². The number of fused-ring (bicyclic) bond motifs is 1. The van der Waals surface area contributed by atoms with E-state index in [9.17, 15) is 4.79 Å². The summed E-state index contributed by atoms with van der Waals surface area (Å²) in [6.07, 6.45) is 5.22. The average Bonchev–Trinajstić information content (AvgIpc) is 3.24. The molecule has 162 valence electrons. The number of ether oxygens (including phenoxy) is 1. The lowest BCUT2D eigenvalue weighted by atomic mass is 10.0. The van der Waals surface area contributed by atoms with Gasteiger partial charge in [-0.3, -0.25) is 9.78 Å². The molecule has 1 aliphatic heterocycles. The minimum absolute atomic E-state index is 0.130. The zero-order chi connectivity index (χ0) is 21.9. The molecular formula is C25H25N5O2. The average molecular weight is 428 g/mol. The minimum atomic E-state index is -0.130. The van der Waals surface area contributed by atoms with E-state index >= 15 is 0 Å². The van der Waals surface area contributed by atoms with Crippen molar-refractivity contribution in [3.05, 3.63) is 78.4 Å². The van der Waals surface area contributed by atoms with Gasteiger partial charge in [0.15, 0.2) is 0 Å². The van der Waals surface area contributed by atoms with Gasteiger partial charge in [-0.15, -0.1) is 0 Å². The number of aromatic nitrogens is 3. The van der Waals surface area contributed by atoms with Gasteiger partial charge in [0.05, 0.1) is 36.1 Å². The number of hydrogen-bond acceptors (Lipinski definition) is 5. The molecular weight excluding hydrogens is 402 g/mol. The summed E-state index contributed by atoms with van der Waals surface area (Å²) in [5.74, 6) is -0.130. The van der Waals surface area contributed by atoms with Crippen LogP contribution in [0, 0.1) is 0 Å². The van der Waals surface area contributed by atoms with Crippen molar-refractivity contribution in [2.24, 2.45) is 7.05 Å². The third-order valence-electron chi connectivity index (χ3n) is 5.81. The van der Waals surface area contributed by atoms with Crippen LogP contribution in [-0.4, -0.2) is 46.7 Å². The van der Waals surface area contributed by atoms with E-state index in [-0.39, 0.29) is 5.91 Å². The summed E-state index contributed by atoms with van der Waals surface area (Å²) >= 11 is 0. The number of benzene rings is 2. The van der Waals surface area contributed by atoms with Crippen LogP contribution < -0.4 is 10.2 Å². The van der Waals surface area contributed by atoms with Crippen molar-refractivity contribution in [2.75, 3.05) is 31.2 Å². The lowest BCUT2D eigenvalue weighted by molar-refractivity contribution is 0.0952. The van der Waals surface area contributed by atoms with Crippen LogP contribution in [0.5, 0.6) is 0 Å². The van der Waals surface area contributed by atoms with E-state index in [1.54, 1.807) is 18.7 Å². The third kappa shape index (κ3) is 4.07. The highest BCUT2D eigenvalue weighted by Crippen LogP contribution is 2.29. The smallest absolute Gasteiger partial charge is 0.253 e. The fourth-order valence-corrected chi connectivity index (χ4v) is 4.10. The number of hydrogen-bond donors (Lipinski definition) is 1. The largest absolute Gasteiger partial charge is 0.378 e. The summed E-state index contributed by atoms with van der Waals surface area (Å²) < 4.78 is 7.34. The molecule has 2 aromatic heterocycles. The van der Waals surface area contributed by atoms with E-state index in [1.807, 2.05) is 35.9 Å². The van der Waals surface area contributed by atoms with Crippen molar-refractivity contribution >= 4 is 22.6 Å². The zero-order valence-corrected chi connectivity index (χ0v) is 18.0. The maximum atomic E-state index is 13.1. The van der Waals surface area contributed by atoms with E-state index < -0.39 is 0 Å². The molecule has 1 aliphatic rings. The zero-order valence-electron chi connectivity index (χ0n) is 18.0. The minimum Gasteiger partial charge on any atom is -0.378 e. The molecule has 0 radical (unpaired) electrons. The summed E-state index contributed by atoms with van der Waals surface area (Å²) in [4.78, 5) is 24.1. The standard InChI is InChI=1S/C25H25N5O2/c1-29-17-28-23-14-20(19-4-6-21(7-5-19)30-9-11-32-12-10-30)13-22(24(23)29)25(31)27-16-18-3-2-8-26-15-18/h2-8,13-15,17H,9-12,16H2,1H3,(H,27,31). The molecule has 32 heavy (non-hydrogen) atoms. The Hall–Kier alpha value is -3.71. The summed E-state index contributed by atoms with van der Waals surface area (Å²) in [6, 6.07) is 16.3. The number of pyridine rings is 1. The molecule has 4 aromatic rings. The van der Waals surface area contributed by atoms with Gasteiger partial charge in [-0.1, -0.05) is 18.2 Å². The van der Waals surface area contributed by atoms with Crippen molar-refractivity contribution in [2.45, 2.75) is 6.54 Å². The van der Waals surface area contributed by atoms with Crippen LogP contribution in [-0.2, 0) is 18.3 Å². The number of nitrogens with one attached hydrogen (secondary N) is 1. The number of rotatable bonds is 5. The first-order valence-electron chi connectivity index (χ1n) is 10.7. The van der Waals surface area contributed by atoms with Crippen LogP contribution in [0.1, 0.15) is 15.9 Å². The SMILES string of the molecule is Cn1cnc2cc(-c3ccc(N4CCOCC4)cc3)cc(C(=O)NCc3cccnc3)c21. The fraction of sp³-hybridized carbons (Fsp3) is 0.240. The van der Waals surface area contributed by atoms with Gasteiger partial charge >= 0.3 is 0 Å². The molecule has 1 saturated heterocycles. The van der Waals surface area contributed by atoms with Crippen molar-refractivity contribution in [1.29, 1.82) is 0 Å². The Balaban J connectivity index is 1.44. The molecule has 2 aromatic carbocycles. The molecule has 1 fully saturated rings. The Labute approximate surface area is 186 Å². The molecule has 5 rings (SSSR count). The van der Waals surface area contributed by atoms with Gasteiger partial charge in [0.1, 0.15) is 0 Å². The molecule has 1 amide bonds. The molecule has 3 heterocycles. The molecule has 0 saturated carbocycles. The number of aryl methyl sites for hydroxylation is 1. The highest BCUT2D eigenvalue weighted by molar-refractivity contribution is 6.06. The summed E-state index contributed by atoms with van der Waals surface area (Å²) in [7, 11) is 1.91. The molecule has 1 N–H and O–H groups in total. The van der Waals surface area contributed by atoms with Crippen molar-refractivity contribution in [3.8, 4) is 11.1 Å². The first-order valence-corrected chi connectivity index (χ1v) is 10.7. The second kappa shape index (κ2) is 8.80. The number of carbonyl (C=O) groups is 1. The second-order valence-electron chi connectivity index (χ2n) is 7.94. The highest BCUT2D eigenvalue weighted by Gasteiger charge is 2.17. The van der Waals surface area contributed by atoms with Gasteiger partial charge < -0.3 is 19.5 Å². The van der Waals surface area contributed by atoms with E-state index in [0.717, 1.165) is 54.0 Å². The maximum Gasteiger partial charge on any atom is 0.253 e. The van der Waals surface area contributed by atoms with Crippen LogP contribution in [0.3, 0.4) is 0 Å². The van der Waals surface area contributed by atoms with Crippen LogP contribution in [0.4, 0.5) is 5.69 Å². The molecule has 7 nitrogen and oxygen atoms in total. The lowest BCUT2D eigenvalue weighted by Crippen LogP contribution is -2.36. The molecule has 0 unspecified atom stereocenters. The molecule has 0 aliphatic carbocycles. The van der Waals surface area contributed by atoms with Crippen molar-refractivity contribution in [1.82, 2.24) is 19.9 Å². The van der Waals surface area contributed by atoms with E-state index in [4.69, 9.17) is 4.74 Å². The third-order valence-corrected chi connectivity index (χ3v) is 5.81. The predicted molar refractivity (Wildman–Crippen MR) is 125 cm³/mol. The normalized spacial score (nSPS) is 14.0. The first-order chi connectivity index (χ1) is 15.7. The monoisotopic (exact) mass is 427 g/mol. The van der Waals surface area contributed by atoms with Crippen molar-refractivity contribution < 1.29 is 9.53 Å². The summed E-state index contributed by atoms with van der Waals surface area (Å²) in [5, 5.41) is 3.02. The fourth-order valence-electron chi connectivity index (χ4n) is 4.10. The van der Waals surface area contributed by atoms with Gasteiger partial charge in [-0.25, -0.2) is 4.98 Å². The van der Waals surface area contributed by atoms with Crippen LogP contribution in [0.25, 0.3) is 22.2 Å².